The molecule has 102 valence electrons. The first kappa shape index (κ1) is 14.6. The normalized spacial score (nSPS) is 9.79. The van der Waals surface area contributed by atoms with Crippen molar-refractivity contribution in [3.63, 3.8) is 0 Å². The van der Waals surface area contributed by atoms with Crippen LogP contribution in [0, 0.1) is 0 Å². The van der Waals surface area contributed by atoms with Crippen molar-refractivity contribution in [1.82, 2.24) is 0 Å². The molecule has 0 aliphatic carbocycles. The van der Waals surface area contributed by atoms with Gasteiger partial charge in [-0.05, 0) is 31.0 Å². The highest BCUT2D eigenvalue weighted by atomic mass is 17.2. The van der Waals surface area contributed by atoms with Gasteiger partial charge in [0.1, 0.15) is 0 Å². The minimum Gasteiger partial charge on any atom is -0.399 e. The number of hydrogen-bond acceptors (Lipinski definition) is 6. The predicted molar refractivity (Wildman–Crippen MR) is 71.0 cm³/mol. The maximum Gasteiger partial charge on any atom is 0.386 e. The SMILES string of the molecule is C=C(C)C(=O)OOC(=O)c1cc(N)cc(N)c1CC. The zero-order chi connectivity index (χ0) is 14.6. The summed E-state index contributed by atoms with van der Waals surface area (Å²) >= 11 is 0. The first-order valence-corrected chi connectivity index (χ1v) is 5.63. The number of carbonyl (C=O) groups is 2. The molecule has 4 N–H and O–H groups in total. The molecule has 0 aliphatic rings. The monoisotopic (exact) mass is 264 g/mol. The smallest absolute Gasteiger partial charge is 0.386 e. The van der Waals surface area contributed by atoms with E-state index >= 15 is 0 Å². The summed E-state index contributed by atoms with van der Waals surface area (Å²) in [6.07, 6.45) is 0.519. The number of anilines is 2. The second-order valence-corrected chi connectivity index (χ2v) is 4.01. The van der Waals surface area contributed by atoms with Crippen LogP contribution in [-0.2, 0) is 21.0 Å². The van der Waals surface area contributed by atoms with Crippen LogP contribution in [0.2, 0.25) is 0 Å². The molecule has 6 nitrogen and oxygen atoms in total. The van der Waals surface area contributed by atoms with Crippen LogP contribution in [0.15, 0.2) is 24.3 Å². The largest absolute Gasteiger partial charge is 0.399 e. The van der Waals surface area contributed by atoms with Crippen molar-refractivity contribution < 1.29 is 19.4 Å². The second kappa shape index (κ2) is 5.90. The van der Waals surface area contributed by atoms with Crippen molar-refractivity contribution in [1.29, 1.82) is 0 Å². The fourth-order valence-electron chi connectivity index (χ4n) is 1.49. The highest BCUT2D eigenvalue weighted by molar-refractivity contribution is 5.95. The maximum absolute atomic E-state index is 11.8. The zero-order valence-corrected chi connectivity index (χ0v) is 10.9. The molecule has 0 aromatic heterocycles. The molecule has 0 spiro atoms. The summed E-state index contributed by atoms with van der Waals surface area (Å²) < 4.78 is 0. The van der Waals surface area contributed by atoms with Gasteiger partial charge in [0.25, 0.3) is 0 Å². The first-order valence-electron chi connectivity index (χ1n) is 5.63. The van der Waals surface area contributed by atoms with E-state index < -0.39 is 11.9 Å². The summed E-state index contributed by atoms with van der Waals surface area (Å²) in [6, 6.07) is 2.97. The lowest BCUT2D eigenvalue weighted by molar-refractivity contribution is -0.229. The van der Waals surface area contributed by atoms with Gasteiger partial charge in [0.05, 0.1) is 5.56 Å². The average molecular weight is 264 g/mol. The van der Waals surface area contributed by atoms with Gasteiger partial charge in [-0.15, -0.1) is 0 Å². The summed E-state index contributed by atoms with van der Waals surface area (Å²) in [5, 5.41) is 0. The lowest BCUT2D eigenvalue weighted by Crippen LogP contribution is -2.14. The van der Waals surface area contributed by atoms with Crippen molar-refractivity contribution in [3.05, 3.63) is 35.4 Å². The van der Waals surface area contributed by atoms with E-state index in [1.807, 2.05) is 6.92 Å². The zero-order valence-electron chi connectivity index (χ0n) is 10.9. The molecule has 0 saturated heterocycles. The molecule has 0 atom stereocenters. The molecule has 0 saturated carbocycles. The summed E-state index contributed by atoms with van der Waals surface area (Å²) in [7, 11) is 0. The molecule has 0 heterocycles. The topological polar surface area (TPSA) is 105 Å². The molecular weight excluding hydrogens is 248 g/mol. The Kier molecular flexibility index (Phi) is 4.52. The van der Waals surface area contributed by atoms with Gasteiger partial charge in [-0.3, -0.25) is 0 Å². The van der Waals surface area contributed by atoms with Gasteiger partial charge in [-0.1, -0.05) is 13.5 Å². The van der Waals surface area contributed by atoms with Gasteiger partial charge >= 0.3 is 11.9 Å². The van der Waals surface area contributed by atoms with Crippen molar-refractivity contribution in [2.24, 2.45) is 0 Å². The summed E-state index contributed by atoms with van der Waals surface area (Å²) in [5.74, 6) is -1.64. The lowest BCUT2D eigenvalue weighted by Gasteiger charge is -2.10. The quantitative estimate of drug-likeness (QED) is 0.372. The van der Waals surface area contributed by atoms with Gasteiger partial charge < -0.3 is 11.5 Å². The van der Waals surface area contributed by atoms with Gasteiger partial charge in [-0.25, -0.2) is 19.4 Å². The van der Waals surface area contributed by atoms with Crippen LogP contribution >= 0.6 is 0 Å². The van der Waals surface area contributed by atoms with Gasteiger partial charge in [-0.2, -0.15) is 0 Å². The molecular formula is C13H16N2O4. The molecule has 19 heavy (non-hydrogen) atoms. The Hall–Kier alpha value is -2.50. The van der Waals surface area contributed by atoms with Crippen molar-refractivity contribution in [2.45, 2.75) is 20.3 Å². The Morgan fingerprint density at radius 2 is 1.89 bits per heavy atom. The molecule has 0 radical (unpaired) electrons. The van der Waals surface area contributed by atoms with Crippen molar-refractivity contribution in [2.75, 3.05) is 11.5 Å². The summed E-state index contributed by atoms with van der Waals surface area (Å²) in [6.45, 7) is 6.63. The van der Waals surface area contributed by atoms with E-state index in [1.54, 1.807) is 6.07 Å². The van der Waals surface area contributed by atoms with E-state index in [-0.39, 0.29) is 11.1 Å². The average Bonchev–Trinajstić information content (AvgIpc) is 2.34. The molecule has 1 rings (SSSR count). The Balaban J connectivity index is 2.93. The van der Waals surface area contributed by atoms with Crippen LogP contribution in [0.1, 0.15) is 29.8 Å². The van der Waals surface area contributed by atoms with Crippen LogP contribution in [0.25, 0.3) is 0 Å². The number of hydrogen-bond donors (Lipinski definition) is 2. The molecule has 0 fully saturated rings. The number of benzene rings is 1. The van der Waals surface area contributed by atoms with E-state index in [9.17, 15) is 9.59 Å². The Labute approximate surface area is 110 Å². The highest BCUT2D eigenvalue weighted by Gasteiger charge is 2.18. The molecule has 0 bridgehead atoms. The minimum atomic E-state index is -0.828. The summed E-state index contributed by atoms with van der Waals surface area (Å²) in [4.78, 5) is 31.7. The maximum atomic E-state index is 11.8. The highest BCUT2D eigenvalue weighted by Crippen LogP contribution is 2.23. The van der Waals surface area contributed by atoms with E-state index in [0.29, 0.717) is 23.4 Å². The van der Waals surface area contributed by atoms with Gasteiger partial charge in [0.2, 0.25) is 0 Å². The van der Waals surface area contributed by atoms with Crippen molar-refractivity contribution in [3.8, 4) is 0 Å². The minimum absolute atomic E-state index is 0.121. The molecule has 0 amide bonds. The molecule has 6 heteroatoms. The van der Waals surface area contributed by atoms with Crippen LogP contribution in [0.5, 0.6) is 0 Å². The Morgan fingerprint density at radius 1 is 1.26 bits per heavy atom. The number of rotatable bonds is 3. The van der Waals surface area contributed by atoms with Crippen LogP contribution < -0.4 is 11.5 Å². The number of nitrogens with two attached hydrogens (primary N) is 2. The summed E-state index contributed by atoms with van der Waals surface area (Å²) in [5.41, 5.74) is 13.0. The van der Waals surface area contributed by atoms with E-state index in [4.69, 9.17) is 11.5 Å². The first-order chi connectivity index (χ1) is 8.86. The van der Waals surface area contributed by atoms with E-state index in [1.165, 1.54) is 13.0 Å². The standard InChI is InChI=1S/C13H16N2O4/c1-4-9-10(5-8(14)6-11(9)15)13(17)19-18-12(16)7(2)3/h5-6H,2,4,14-15H2,1,3H3. The fourth-order valence-corrected chi connectivity index (χ4v) is 1.49. The molecule has 1 aromatic rings. The third kappa shape index (κ3) is 3.48. The molecule has 0 aliphatic heterocycles. The second-order valence-electron chi connectivity index (χ2n) is 4.01. The van der Waals surface area contributed by atoms with Crippen LogP contribution in [0.3, 0.4) is 0 Å². The van der Waals surface area contributed by atoms with Crippen LogP contribution in [0.4, 0.5) is 11.4 Å². The van der Waals surface area contributed by atoms with E-state index in [2.05, 4.69) is 16.4 Å². The lowest BCUT2D eigenvalue weighted by atomic mass is 10.0. The number of nitrogen functional groups attached to an aromatic ring is 2. The Morgan fingerprint density at radius 3 is 2.42 bits per heavy atom. The van der Waals surface area contributed by atoms with E-state index in [0.717, 1.165) is 0 Å². The van der Waals surface area contributed by atoms with Gasteiger partial charge in [0, 0.05) is 16.9 Å². The van der Waals surface area contributed by atoms with Crippen molar-refractivity contribution >= 4 is 23.3 Å². The molecule has 0 unspecified atom stereocenters. The fraction of sp³-hybridized carbons (Fsp3) is 0.231. The third-order valence-corrected chi connectivity index (χ3v) is 2.42. The number of carbonyl (C=O) groups excluding carboxylic acids is 2. The van der Waals surface area contributed by atoms with Crippen LogP contribution in [-0.4, -0.2) is 11.9 Å². The van der Waals surface area contributed by atoms with Gasteiger partial charge in [0.15, 0.2) is 0 Å². The molecule has 1 aromatic carbocycles. The Bertz CT molecular complexity index is 538. The third-order valence-electron chi connectivity index (χ3n) is 2.42. The predicted octanol–water partition coefficient (Wildman–Crippen LogP) is 1.60.